The van der Waals surface area contributed by atoms with Gasteiger partial charge in [-0.2, -0.15) is 4.98 Å². The third-order valence-electron chi connectivity index (χ3n) is 6.68. The second kappa shape index (κ2) is 9.28. The fourth-order valence-electron chi connectivity index (χ4n) is 4.56. The van der Waals surface area contributed by atoms with E-state index in [2.05, 4.69) is 80.1 Å². The van der Waals surface area contributed by atoms with Crippen molar-refractivity contribution < 1.29 is 4.52 Å². The number of aryl methyl sites for hydroxylation is 1. The first-order valence-electron chi connectivity index (χ1n) is 11.7. The fourth-order valence-corrected chi connectivity index (χ4v) is 4.56. The van der Waals surface area contributed by atoms with Gasteiger partial charge in [-0.15, -0.1) is 0 Å². The van der Waals surface area contributed by atoms with Crippen LogP contribution in [0.15, 0.2) is 47.1 Å². The van der Waals surface area contributed by atoms with Gasteiger partial charge < -0.3 is 14.3 Å². The van der Waals surface area contributed by atoms with E-state index < -0.39 is 0 Å². The number of rotatable bonds is 5. The molecule has 0 bridgehead atoms. The maximum atomic E-state index is 5.55. The van der Waals surface area contributed by atoms with E-state index in [4.69, 9.17) is 4.52 Å². The molecule has 5 rings (SSSR count). The number of hydrogen-bond acceptors (Lipinski definition) is 7. The normalized spacial score (nSPS) is 18.3. The predicted molar refractivity (Wildman–Crippen MR) is 127 cm³/mol. The van der Waals surface area contributed by atoms with Gasteiger partial charge in [-0.3, -0.25) is 4.90 Å². The van der Waals surface area contributed by atoms with Crippen LogP contribution in [0.2, 0.25) is 0 Å². The van der Waals surface area contributed by atoms with Crippen molar-refractivity contribution in [3.8, 4) is 11.4 Å². The first-order chi connectivity index (χ1) is 15.6. The lowest BCUT2D eigenvalue weighted by Gasteiger charge is -2.35. The van der Waals surface area contributed by atoms with Gasteiger partial charge >= 0.3 is 0 Å². The van der Waals surface area contributed by atoms with Crippen molar-refractivity contribution in [1.82, 2.24) is 20.0 Å². The van der Waals surface area contributed by atoms with Crippen LogP contribution in [-0.2, 0) is 6.54 Å². The van der Waals surface area contributed by atoms with Crippen molar-refractivity contribution in [2.24, 2.45) is 5.92 Å². The summed E-state index contributed by atoms with van der Waals surface area (Å²) in [4.78, 5) is 16.5. The van der Waals surface area contributed by atoms with Crippen LogP contribution in [0.25, 0.3) is 11.4 Å². The van der Waals surface area contributed by atoms with E-state index in [1.807, 2.05) is 6.20 Å². The van der Waals surface area contributed by atoms with Gasteiger partial charge in [0.1, 0.15) is 5.82 Å². The van der Waals surface area contributed by atoms with Crippen LogP contribution < -0.4 is 9.80 Å². The number of hydrogen-bond donors (Lipinski definition) is 0. The molecule has 0 amide bonds. The summed E-state index contributed by atoms with van der Waals surface area (Å²) in [5.41, 5.74) is 3.51. The van der Waals surface area contributed by atoms with E-state index in [1.165, 1.54) is 24.1 Å². The monoisotopic (exact) mass is 432 g/mol. The molecule has 2 aromatic heterocycles. The van der Waals surface area contributed by atoms with E-state index in [9.17, 15) is 0 Å². The van der Waals surface area contributed by atoms with Crippen molar-refractivity contribution in [2.45, 2.75) is 33.2 Å². The van der Waals surface area contributed by atoms with Crippen molar-refractivity contribution in [2.75, 3.05) is 49.1 Å². The number of piperazine rings is 1. The van der Waals surface area contributed by atoms with Crippen molar-refractivity contribution >= 4 is 11.5 Å². The number of nitrogens with zero attached hydrogens (tertiary/aromatic N) is 6. The van der Waals surface area contributed by atoms with Crippen molar-refractivity contribution in [1.29, 1.82) is 0 Å². The standard InChI is InChI=1S/C25H32N6O/c1-19-8-10-31(11-9-19)23-7-6-21(17-26-23)25-27-24(32-28-25)18-29-12-14-30(15-13-29)22-5-3-4-20(2)16-22/h3-7,16-17,19H,8-15,18H2,1-2H3. The Labute approximate surface area is 190 Å². The molecular formula is C25H32N6O. The zero-order valence-electron chi connectivity index (χ0n) is 19.1. The van der Waals surface area contributed by atoms with E-state index in [1.54, 1.807) is 0 Å². The zero-order valence-corrected chi connectivity index (χ0v) is 19.1. The Hall–Kier alpha value is -2.93. The Balaban J connectivity index is 1.16. The summed E-state index contributed by atoms with van der Waals surface area (Å²) in [5.74, 6) is 3.13. The van der Waals surface area contributed by atoms with Crippen molar-refractivity contribution in [3.63, 3.8) is 0 Å². The van der Waals surface area contributed by atoms with Gasteiger partial charge in [-0.25, -0.2) is 4.98 Å². The van der Waals surface area contributed by atoms with E-state index in [-0.39, 0.29) is 0 Å². The van der Waals surface area contributed by atoms with Gasteiger partial charge in [-0.1, -0.05) is 24.2 Å². The van der Waals surface area contributed by atoms with E-state index in [0.29, 0.717) is 18.3 Å². The second-order valence-electron chi connectivity index (χ2n) is 9.19. The Morgan fingerprint density at radius 1 is 0.969 bits per heavy atom. The minimum atomic E-state index is 0.615. The van der Waals surface area contributed by atoms with Crippen LogP contribution in [0, 0.1) is 12.8 Å². The predicted octanol–water partition coefficient (Wildman–Crippen LogP) is 4.00. The molecule has 32 heavy (non-hydrogen) atoms. The first-order valence-corrected chi connectivity index (χ1v) is 11.7. The molecule has 0 N–H and O–H groups in total. The third kappa shape index (κ3) is 4.78. The molecule has 0 spiro atoms. The van der Waals surface area contributed by atoms with Gasteiger partial charge in [0.25, 0.3) is 0 Å². The molecule has 2 aliphatic rings. The van der Waals surface area contributed by atoms with E-state index >= 15 is 0 Å². The van der Waals surface area contributed by atoms with E-state index in [0.717, 1.165) is 56.6 Å². The summed E-state index contributed by atoms with van der Waals surface area (Å²) in [6.45, 7) is 11.3. The summed E-state index contributed by atoms with van der Waals surface area (Å²) in [7, 11) is 0. The van der Waals surface area contributed by atoms with Crippen LogP contribution in [0.3, 0.4) is 0 Å². The summed E-state index contributed by atoms with van der Waals surface area (Å²) < 4.78 is 5.55. The average Bonchev–Trinajstić information content (AvgIpc) is 3.29. The van der Waals surface area contributed by atoms with Gasteiger partial charge in [0.2, 0.25) is 11.7 Å². The molecule has 0 saturated carbocycles. The first kappa shape index (κ1) is 20.9. The summed E-state index contributed by atoms with van der Waals surface area (Å²) >= 11 is 0. The molecule has 0 aliphatic carbocycles. The molecule has 4 heterocycles. The Kier molecular flexibility index (Phi) is 6.08. The second-order valence-corrected chi connectivity index (χ2v) is 9.19. The molecule has 7 nitrogen and oxygen atoms in total. The summed E-state index contributed by atoms with van der Waals surface area (Å²) in [5, 5.41) is 4.20. The maximum Gasteiger partial charge on any atom is 0.241 e. The molecule has 1 aromatic carbocycles. The zero-order chi connectivity index (χ0) is 21.9. The van der Waals surface area contributed by atoms with Crippen LogP contribution in [0.5, 0.6) is 0 Å². The highest BCUT2D eigenvalue weighted by Gasteiger charge is 2.21. The van der Waals surface area contributed by atoms with Crippen LogP contribution >= 0.6 is 0 Å². The molecule has 2 aliphatic heterocycles. The molecule has 0 radical (unpaired) electrons. The van der Waals surface area contributed by atoms with Gasteiger partial charge in [0.05, 0.1) is 6.54 Å². The Morgan fingerprint density at radius 3 is 2.50 bits per heavy atom. The van der Waals surface area contributed by atoms with Crippen molar-refractivity contribution in [3.05, 3.63) is 54.0 Å². The summed E-state index contributed by atoms with van der Waals surface area (Å²) in [6, 6.07) is 12.8. The largest absolute Gasteiger partial charge is 0.369 e. The summed E-state index contributed by atoms with van der Waals surface area (Å²) in [6.07, 6.45) is 4.33. The minimum Gasteiger partial charge on any atom is -0.369 e. The molecule has 3 aromatic rings. The molecule has 0 atom stereocenters. The number of piperidine rings is 1. The molecule has 7 heteroatoms. The van der Waals surface area contributed by atoms with Gasteiger partial charge in [0.15, 0.2) is 0 Å². The Morgan fingerprint density at radius 2 is 1.78 bits per heavy atom. The van der Waals surface area contributed by atoms with Crippen LogP contribution in [0.4, 0.5) is 11.5 Å². The molecule has 168 valence electrons. The van der Waals surface area contributed by atoms with Gasteiger partial charge in [0, 0.05) is 56.7 Å². The Bertz CT molecular complexity index is 1020. The number of pyridine rings is 1. The minimum absolute atomic E-state index is 0.615. The lowest BCUT2D eigenvalue weighted by Crippen LogP contribution is -2.46. The molecule has 0 unspecified atom stereocenters. The third-order valence-corrected chi connectivity index (χ3v) is 6.68. The lowest BCUT2D eigenvalue weighted by atomic mass is 9.99. The topological polar surface area (TPSA) is 61.5 Å². The number of anilines is 2. The molecular weight excluding hydrogens is 400 g/mol. The molecule has 2 fully saturated rings. The van der Waals surface area contributed by atoms with Crippen LogP contribution in [0.1, 0.15) is 31.2 Å². The van der Waals surface area contributed by atoms with Gasteiger partial charge in [-0.05, 0) is 55.5 Å². The highest BCUT2D eigenvalue weighted by atomic mass is 16.5. The fraction of sp³-hybridized carbons (Fsp3) is 0.480. The highest BCUT2D eigenvalue weighted by molar-refractivity contribution is 5.56. The average molecular weight is 433 g/mol. The molecule has 2 saturated heterocycles. The highest BCUT2D eigenvalue weighted by Crippen LogP contribution is 2.24. The smallest absolute Gasteiger partial charge is 0.241 e. The SMILES string of the molecule is Cc1cccc(N2CCN(Cc3nc(-c4ccc(N5CCC(C)CC5)nc4)no3)CC2)c1. The number of benzene rings is 1. The number of aromatic nitrogens is 3. The maximum absolute atomic E-state index is 5.55. The van der Waals surface area contributed by atoms with Crippen LogP contribution in [-0.4, -0.2) is 59.3 Å². The lowest BCUT2D eigenvalue weighted by molar-refractivity contribution is 0.215. The quantitative estimate of drug-likeness (QED) is 0.604.